The average molecular weight is 511 g/mol. The minimum Gasteiger partial charge on any atom is -0.344 e. The number of hydrogen-bond donors (Lipinski definition) is 2. The lowest BCUT2D eigenvalue weighted by atomic mass is 10.2. The molecule has 0 atom stereocenters. The van der Waals surface area contributed by atoms with Gasteiger partial charge in [-0.05, 0) is 68.7 Å². The standard InChI is InChI=1S/C13H12Cl2N2O.C7H6Cl3N.H3N/c1-7-4-12(11(15)5-10(7)14)17-13(18)9(3)8(2)6-16-17;1-4-2-7(11-10)6(9)3-5(4)8;/h4-6H,1-3H3;2-3,11H,1H3;1H3. The number of aryl methyl sites for hydroxylation is 3. The van der Waals surface area contributed by atoms with Gasteiger partial charge in [-0.1, -0.05) is 46.4 Å². The molecule has 0 fully saturated rings. The molecule has 2 aromatic carbocycles. The molecule has 0 spiro atoms. The summed E-state index contributed by atoms with van der Waals surface area (Å²) in [5.41, 5.74) is 4.37. The topological polar surface area (TPSA) is 81.9 Å². The summed E-state index contributed by atoms with van der Waals surface area (Å²) in [6.07, 6.45) is 1.65. The van der Waals surface area contributed by atoms with Crippen LogP contribution in [0.4, 0.5) is 5.69 Å². The zero-order chi connectivity index (χ0) is 21.9. The van der Waals surface area contributed by atoms with Crippen molar-refractivity contribution in [2.75, 3.05) is 4.84 Å². The third kappa shape index (κ3) is 6.03. The lowest BCUT2D eigenvalue weighted by Gasteiger charge is -2.10. The summed E-state index contributed by atoms with van der Waals surface area (Å²) in [6, 6.07) is 6.83. The lowest BCUT2D eigenvalue weighted by Crippen LogP contribution is -2.24. The maximum atomic E-state index is 12.1. The van der Waals surface area contributed by atoms with E-state index in [-0.39, 0.29) is 11.7 Å². The zero-order valence-electron chi connectivity index (χ0n) is 16.8. The van der Waals surface area contributed by atoms with Crippen LogP contribution in [0.15, 0.2) is 35.3 Å². The van der Waals surface area contributed by atoms with Crippen LogP contribution in [-0.2, 0) is 0 Å². The molecule has 0 unspecified atom stereocenters. The number of nitrogens with zero attached hydrogens (tertiary/aromatic N) is 2. The first kappa shape index (κ1) is 26.6. The molecule has 0 amide bonds. The first-order valence-electron chi connectivity index (χ1n) is 8.40. The summed E-state index contributed by atoms with van der Waals surface area (Å²) in [7, 11) is 0. The number of hydrogen-bond acceptors (Lipinski definition) is 4. The Labute approximate surface area is 200 Å². The molecule has 162 valence electrons. The minimum atomic E-state index is -0.168. The lowest BCUT2D eigenvalue weighted by molar-refractivity contribution is 0.788. The Kier molecular flexibility index (Phi) is 9.95. The maximum Gasteiger partial charge on any atom is 0.274 e. The van der Waals surface area contributed by atoms with E-state index in [1.165, 1.54) is 4.68 Å². The summed E-state index contributed by atoms with van der Waals surface area (Å²) < 4.78 is 1.30. The fraction of sp³-hybridized carbons (Fsp3) is 0.200. The van der Waals surface area contributed by atoms with E-state index in [9.17, 15) is 4.79 Å². The van der Waals surface area contributed by atoms with Crippen LogP contribution in [0.3, 0.4) is 0 Å². The van der Waals surface area contributed by atoms with E-state index in [1.54, 1.807) is 37.4 Å². The Morgan fingerprint density at radius 1 is 0.800 bits per heavy atom. The van der Waals surface area contributed by atoms with Crippen LogP contribution in [0.5, 0.6) is 0 Å². The van der Waals surface area contributed by atoms with Crippen molar-refractivity contribution < 1.29 is 0 Å². The summed E-state index contributed by atoms with van der Waals surface area (Å²) in [5, 5.41) is 6.26. The van der Waals surface area contributed by atoms with Gasteiger partial charge in [-0.25, -0.2) is 0 Å². The Bertz CT molecular complexity index is 1120. The van der Waals surface area contributed by atoms with Gasteiger partial charge < -0.3 is 6.15 Å². The Hall–Kier alpha value is -1.47. The highest BCUT2D eigenvalue weighted by molar-refractivity contribution is 6.38. The van der Waals surface area contributed by atoms with Gasteiger partial charge in [-0.3, -0.25) is 9.63 Å². The minimum absolute atomic E-state index is 0. The van der Waals surface area contributed by atoms with Crippen LogP contribution in [-0.4, -0.2) is 9.78 Å². The van der Waals surface area contributed by atoms with Crippen molar-refractivity contribution in [3.8, 4) is 5.69 Å². The molecular weight excluding hydrogens is 490 g/mol. The predicted octanol–water partition coefficient (Wildman–Crippen LogP) is 7.49. The smallest absolute Gasteiger partial charge is 0.274 e. The number of anilines is 1. The molecule has 30 heavy (non-hydrogen) atoms. The van der Waals surface area contributed by atoms with Gasteiger partial charge in [0.25, 0.3) is 5.56 Å². The molecule has 3 rings (SSSR count). The number of nitrogens with one attached hydrogen (secondary N) is 1. The second kappa shape index (κ2) is 11.2. The molecule has 0 aliphatic rings. The monoisotopic (exact) mass is 508 g/mol. The van der Waals surface area contributed by atoms with Crippen molar-refractivity contribution in [2.45, 2.75) is 27.7 Å². The maximum absolute atomic E-state index is 12.1. The Morgan fingerprint density at radius 3 is 1.90 bits per heavy atom. The molecule has 4 N–H and O–H groups in total. The van der Waals surface area contributed by atoms with Crippen LogP contribution in [0.1, 0.15) is 22.3 Å². The van der Waals surface area contributed by atoms with Crippen LogP contribution in [0, 0.1) is 27.7 Å². The Balaban J connectivity index is 0.000000324. The van der Waals surface area contributed by atoms with E-state index in [2.05, 4.69) is 9.93 Å². The zero-order valence-corrected chi connectivity index (χ0v) is 20.6. The van der Waals surface area contributed by atoms with Crippen molar-refractivity contribution in [1.29, 1.82) is 0 Å². The van der Waals surface area contributed by atoms with E-state index in [1.807, 2.05) is 20.8 Å². The molecule has 0 radical (unpaired) electrons. The fourth-order valence-corrected chi connectivity index (χ4v) is 3.43. The van der Waals surface area contributed by atoms with Gasteiger partial charge >= 0.3 is 0 Å². The van der Waals surface area contributed by atoms with Crippen molar-refractivity contribution in [1.82, 2.24) is 15.9 Å². The van der Waals surface area contributed by atoms with Gasteiger partial charge in [0.2, 0.25) is 0 Å². The van der Waals surface area contributed by atoms with Crippen molar-refractivity contribution in [2.24, 2.45) is 0 Å². The molecular formula is C20H21Cl5N4O. The van der Waals surface area contributed by atoms with Crippen LogP contribution < -0.4 is 16.5 Å². The van der Waals surface area contributed by atoms with Gasteiger partial charge in [-0.15, -0.1) is 0 Å². The molecule has 0 aliphatic heterocycles. The highest BCUT2D eigenvalue weighted by atomic mass is 35.5. The van der Waals surface area contributed by atoms with Gasteiger partial charge in [0, 0.05) is 27.4 Å². The fourth-order valence-electron chi connectivity index (χ4n) is 2.33. The second-order valence-electron chi connectivity index (χ2n) is 6.40. The van der Waals surface area contributed by atoms with Crippen molar-refractivity contribution >= 4 is 63.9 Å². The molecule has 3 aromatic rings. The molecule has 1 heterocycles. The molecule has 0 saturated carbocycles. The summed E-state index contributed by atoms with van der Waals surface area (Å²) in [5.74, 6) is 0. The van der Waals surface area contributed by atoms with E-state index in [4.69, 9.17) is 58.2 Å². The number of aromatic nitrogens is 2. The van der Waals surface area contributed by atoms with E-state index in [0.717, 1.165) is 16.7 Å². The highest BCUT2D eigenvalue weighted by Crippen LogP contribution is 2.29. The first-order valence-corrected chi connectivity index (χ1v) is 10.3. The molecule has 0 saturated heterocycles. The summed E-state index contributed by atoms with van der Waals surface area (Å²) in [4.78, 5) is 14.6. The third-order valence-corrected chi connectivity index (χ3v) is 5.91. The molecule has 5 nitrogen and oxygen atoms in total. The molecule has 0 bridgehead atoms. The number of benzene rings is 2. The third-order valence-electron chi connectivity index (χ3n) is 4.28. The van der Waals surface area contributed by atoms with Crippen molar-refractivity contribution in [3.05, 3.63) is 83.2 Å². The predicted molar refractivity (Wildman–Crippen MR) is 130 cm³/mol. The van der Waals surface area contributed by atoms with Gasteiger partial charge in [0.1, 0.15) is 0 Å². The van der Waals surface area contributed by atoms with E-state index < -0.39 is 0 Å². The SMILES string of the molecule is Cc1cc(-n2ncc(C)c(C)c2=O)c(Cl)cc1Cl.Cc1cc(NCl)c(Cl)cc1Cl.N. The second-order valence-corrected chi connectivity index (χ2v) is 8.22. The quantitative estimate of drug-likeness (QED) is 0.350. The van der Waals surface area contributed by atoms with Crippen molar-refractivity contribution in [3.63, 3.8) is 0 Å². The van der Waals surface area contributed by atoms with Crippen LogP contribution in [0.25, 0.3) is 5.69 Å². The van der Waals surface area contributed by atoms with Gasteiger partial charge in [0.15, 0.2) is 0 Å². The normalized spacial score (nSPS) is 10.0. The molecule has 1 aromatic heterocycles. The number of rotatable bonds is 2. The highest BCUT2D eigenvalue weighted by Gasteiger charge is 2.11. The average Bonchev–Trinajstić information content (AvgIpc) is 2.67. The largest absolute Gasteiger partial charge is 0.344 e. The Morgan fingerprint density at radius 2 is 1.33 bits per heavy atom. The van der Waals surface area contributed by atoms with Gasteiger partial charge in [-0.2, -0.15) is 9.78 Å². The molecule has 0 aliphatic carbocycles. The van der Waals surface area contributed by atoms with Crippen LogP contribution in [0.2, 0.25) is 20.1 Å². The molecule has 10 heteroatoms. The van der Waals surface area contributed by atoms with E-state index >= 15 is 0 Å². The summed E-state index contributed by atoms with van der Waals surface area (Å²) in [6.45, 7) is 7.36. The first-order chi connectivity index (χ1) is 13.6. The van der Waals surface area contributed by atoms with Crippen LogP contribution >= 0.6 is 58.2 Å². The number of halogens is 5. The van der Waals surface area contributed by atoms with Gasteiger partial charge in [0.05, 0.1) is 27.6 Å². The summed E-state index contributed by atoms with van der Waals surface area (Å²) >= 11 is 29.0. The van der Waals surface area contributed by atoms with E-state index in [0.29, 0.717) is 37.0 Å².